The first-order valence-electron chi connectivity index (χ1n) is 8.40. The van der Waals surface area contributed by atoms with Gasteiger partial charge in [0.05, 0.1) is 11.7 Å². The molecule has 132 valence electrons. The monoisotopic (exact) mass is 375 g/mol. The molecule has 4 heterocycles. The zero-order valence-electron chi connectivity index (χ0n) is 14.4. The molecule has 0 saturated heterocycles. The molecule has 5 aromatic rings. The molecule has 0 radical (unpaired) electrons. The van der Waals surface area contributed by atoms with Crippen LogP contribution < -0.4 is 0 Å². The van der Waals surface area contributed by atoms with Gasteiger partial charge in [0.15, 0.2) is 11.5 Å². The Hall–Kier alpha value is -3.32. The number of hydrogen-bond acceptors (Lipinski definition) is 5. The number of nitrogens with zero attached hydrogens (tertiary/aromatic N) is 7. The summed E-state index contributed by atoms with van der Waals surface area (Å²) in [6.45, 7) is 0. The summed E-state index contributed by atoms with van der Waals surface area (Å²) in [7, 11) is 1.90. The standard InChI is InChI=1S/C19H14ClN7/c1-26-11-15(10-22-26)14-8-13-6-12(2-3-16(13)21-9-14)7-19-24-23-18-5-4-17(20)25-27(18)19/h2-6,8-11H,7H2,1H3. The largest absolute Gasteiger partial charge is 0.275 e. The minimum Gasteiger partial charge on any atom is -0.275 e. The maximum atomic E-state index is 6.00. The molecule has 0 unspecified atom stereocenters. The highest BCUT2D eigenvalue weighted by Gasteiger charge is 2.10. The molecule has 4 aromatic heterocycles. The van der Waals surface area contributed by atoms with Crippen LogP contribution >= 0.6 is 11.6 Å². The molecule has 27 heavy (non-hydrogen) atoms. The smallest absolute Gasteiger partial charge is 0.178 e. The van der Waals surface area contributed by atoms with Gasteiger partial charge in [0.25, 0.3) is 0 Å². The molecular formula is C19H14ClN7. The van der Waals surface area contributed by atoms with Crippen molar-refractivity contribution in [3.05, 3.63) is 71.5 Å². The fourth-order valence-electron chi connectivity index (χ4n) is 3.12. The quantitative estimate of drug-likeness (QED) is 0.483. The molecular weight excluding hydrogens is 362 g/mol. The summed E-state index contributed by atoms with van der Waals surface area (Å²) in [6.07, 6.45) is 6.29. The Morgan fingerprint density at radius 2 is 1.93 bits per heavy atom. The van der Waals surface area contributed by atoms with E-state index in [0.717, 1.165) is 33.4 Å². The molecule has 7 nitrogen and oxygen atoms in total. The molecule has 0 N–H and O–H groups in total. The topological polar surface area (TPSA) is 73.8 Å². The van der Waals surface area contributed by atoms with E-state index >= 15 is 0 Å². The van der Waals surface area contributed by atoms with Crippen molar-refractivity contribution in [2.75, 3.05) is 0 Å². The third-order valence-corrected chi connectivity index (χ3v) is 4.64. The normalized spacial score (nSPS) is 11.5. The van der Waals surface area contributed by atoms with E-state index in [4.69, 9.17) is 11.6 Å². The van der Waals surface area contributed by atoms with Gasteiger partial charge in [-0.25, -0.2) is 0 Å². The average Bonchev–Trinajstić information content (AvgIpc) is 3.27. The molecule has 0 atom stereocenters. The van der Waals surface area contributed by atoms with Crippen LogP contribution in [-0.2, 0) is 13.5 Å². The van der Waals surface area contributed by atoms with Crippen molar-refractivity contribution in [2.45, 2.75) is 6.42 Å². The number of hydrogen-bond donors (Lipinski definition) is 0. The maximum Gasteiger partial charge on any atom is 0.178 e. The minimum absolute atomic E-state index is 0.410. The number of rotatable bonds is 3. The van der Waals surface area contributed by atoms with E-state index in [9.17, 15) is 0 Å². The summed E-state index contributed by atoms with van der Waals surface area (Å²) in [5, 5.41) is 18.4. The first-order valence-corrected chi connectivity index (χ1v) is 8.78. The van der Waals surface area contributed by atoms with E-state index in [0.29, 0.717) is 17.2 Å². The highest BCUT2D eigenvalue weighted by Crippen LogP contribution is 2.23. The second kappa shape index (κ2) is 6.14. The number of fused-ring (bicyclic) bond motifs is 2. The van der Waals surface area contributed by atoms with Gasteiger partial charge < -0.3 is 0 Å². The van der Waals surface area contributed by atoms with Crippen molar-refractivity contribution in [2.24, 2.45) is 7.05 Å². The zero-order valence-corrected chi connectivity index (χ0v) is 15.2. The predicted octanol–water partition coefficient (Wildman–Crippen LogP) is 3.32. The Labute approximate surface area is 159 Å². The SMILES string of the molecule is Cn1cc(-c2cnc3ccc(Cc4nnc5ccc(Cl)nn45)cc3c2)cn1. The van der Waals surface area contributed by atoms with Crippen LogP contribution in [0.4, 0.5) is 0 Å². The third kappa shape index (κ3) is 2.92. The molecule has 1 aromatic carbocycles. The van der Waals surface area contributed by atoms with E-state index < -0.39 is 0 Å². The summed E-state index contributed by atoms with van der Waals surface area (Å²) in [5.41, 5.74) is 4.80. The molecule has 0 aliphatic heterocycles. The Balaban J connectivity index is 1.54. The summed E-state index contributed by atoms with van der Waals surface area (Å²) in [4.78, 5) is 4.57. The number of benzene rings is 1. The Morgan fingerprint density at radius 1 is 1.00 bits per heavy atom. The van der Waals surface area contributed by atoms with Crippen LogP contribution in [0.25, 0.3) is 27.7 Å². The average molecular weight is 376 g/mol. The predicted molar refractivity (Wildman–Crippen MR) is 103 cm³/mol. The van der Waals surface area contributed by atoms with Gasteiger partial charge in [-0.3, -0.25) is 9.67 Å². The van der Waals surface area contributed by atoms with Crippen molar-refractivity contribution in [1.29, 1.82) is 0 Å². The van der Waals surface area contributed by atoms with E-state index in [-0.39, 0.29) is 0 Å². The van der Waals surface area contributed by atoms with Crippen molar-refractivity contribution in [3.8, 4) is 11.1 Å². The van der Waals surface area contributed by atoms with Crippen LogP contribution in [0.1, 0.15) is 11.4 Å². The van der Waals surface area contributed by atoms with Crippen LogP contribution in [0.3, 0.4) is 0 Å². The molecule has 0 amide bonds. The second-order valence-corrected chi connectivity index (χ2v) is 6.76. The van der Waals surface area contributed by atoms with Gasteiger partial charge in [-0.05, 0) is 35.9 Å². The zero-order chi connectivity index (χ0) is 18.4. The van der Waals surface area contributed by atoms with Crippen molar-refractivity contribution in [3.63, 3.8) is 0 Å². The lowest BCUT2D eigenvalue weighted by Crippen LogP contribution is -2.00. The summed E-state index contributed by atoms with van der Waals surface area (Å²) in [5.74, 6) is 0.739. The van der Waals surface area contributed by atoms with Gasteiger partial charge in [0.2, 0.25) is 0 Å². The highest BCUT2D eigenvalue weighted by molar-refractivity contribution is 6.29. The van der Waals surface area contributed by atoms with E-state index in [1.165, 1.54) is 0 Å². The lowest BCUT2D eigenvalue weighted by molar-refractivity contribution is 0.768. The fraction of sp³-hybridized carbons (Fsp3) is 0.105. The fourth-order valence-corrected chi connectivity index (χ4v) is 3.26. The molecule has 5 rings (SSSR count). The first-order chi connectivity index (χ1) is 13.2. The lowest BCUT2D eigenvalue weighted by Gasteiger charge is -2.05. The lowest BCUT2D eigenvalue weighted by atomic mass is 10.0. The van der Waals surface area contributed by atoms with E-state index in [1.54, 1.807) is 21.3 Å². The Morgan fingerprint density at radius 3 is 2.78 bits per heavy atom. The molecule has 0 aliphatic carbocycles. The number of aryl methyl sites for hydroxylation is 1. The summed E-state index contributed by atoms with van der Waals surface area (Å²) in [6, 6.07) is 11.8. The van der Waals surface area contributed by atoms with Gasteiger partial charge in [-0.15, -0.1) is 10.2 Å². The number of aromatic nitrogens is 7. The van der Waals surface area contributed by atoms with Gasteiger partial charge >= 0.3 is 0 Å². The van der Waals surface area contributed by atoms with Crippen molar-refractivity contribution < 1.29 is 0 Å². The van der Waals surface area contributed by atoms with Gasteiger partial charge in [-0.1, -0.05) is 17.7 Å². The van der Waals surface area contributed by atoms with Gasteiger partial charge in [0.1, 0.15) is 5.15 Å². The number of halogens is 1. The molecule has 0 aliphatic rings. The van der Waals surface area contributed by atoms with Crippen LogP contribution in [0.2, 0.25) is 5.15 Å². The van der Waals surface area contributed by atoms with Crippen LogP contribution in [0.5, 0.6) is 0 Å². The molecule has 0 fully saturated rings. The van der Waals surface area contributed by atoms with Crippen molar-refractivity contribution in [1.82, 2.24) is 34.6 Å². The van der Waals surface area contributed by atoms with Gasteiger partial charge in [0, 0.05) is 42.4 Å². The number of pyridine rings is 1. The highest BCUT2D eigenvalue weighted by atomic mass is 35.5. The van der Waals surface area contributed by atoms with Crippen LogP contribution in [0.15, 0.2) is 55.0 Å². The van der Waals surface area contributed by atoms with Crippen molar-refractivity contribution >= 4 is 28.2 Å². The molecule has 0 spiro atoms. The molecule has 0 bridgehead atoms. The second-order valence-electron chi connectivity index (χ2n) is 6.37. The van der Waals surface area contributed by atoms with E-state index in [1.807, 2.05) is 37.8 Å². The Bertz CT molecular complexity index is 1290. The minimum atomic E-state index is 0.410. The maximum absolute atomic E-state index is 6.00. The van der Waals surface area contributed by atoms with Crippen LogP contribution in [0, 0.1) is 0 Å². The molecule has 8 heteroatoms. The first kappa shape index (κ1) is 15.9. The van der Waals surface area contributed by atoms with E-state index in [2.05, 4.69) is 37.5 Å². The summed E-state index contributed by atoms with van der Waals surface area (Å²) < 4.78 is 3.46. The van der Waals surface area contributed by atoms with Crippen LogP contribution in [-0.4, -0.2) is 34.6 Å². The Kier molecular flexibility index (Phi) is 3.61. The molecule has 0 saturated carbocycles. The van der Waals surface area contributed by atoms with Gasteiger partial charge in [-0.2, -0.15) is 14.7 Å². The third-order valence-electron chi connectivity index (χ3n) is 4.44. The summed E-state index contributed by atoms with van der Waals surface area (Å²) >= 11 is 6.00.